The minimum atomic E-state index is -0.782. The first kappa shape index (κ1) is 13.4. The smallest absolute Gasteiger partial charge is 0.307 e. The minimum absolute atomic E-state index is 0.139. The number of hydrogen-bond acceptors (Lipinski definition) is 1. The second-order valence-corrected chi connectivity index (χ2v) is 3.74. The van der Waals surface area contributed by atoms with Crippen molar-refractivity contribution in [3.05, 3.63) is 60.7 Å². The molecule has 0 radical (unpaired) electrons. The number of aliphatic carboxylic acids is 1. The van der Waals surface area contributed by atoms with E-state index in [2.05, 4.69) is 57.8 Å². The molecule has 0 fully saturated rings. The molecule has 0 bridgehead atoms. The molecule has 2 rings (SSSR count). The van der Waals surface area contributed by atoms with E-state index in [0.717, 1.165) is 0 Å². The summed E-state index contributed by atoms with van der Waals surface area (Å²) in [5.74, 6) is -0.782. The van der Waals surface area contributed by atoms with Crippen LogP contribution in [0.1, 0.15) is 0 Å². The second-order valence-electron chi connectivity index (χ2n) is 3.33. The van der Waals surface area contributed by atoms with Gasteiger partial charge in [0.25, 0.3) is 0 Å². The molecule has 0 saturated heterocycles. The number of carboxylic acid groups (broad SMARTS) is 1. The van der Waals surface area contributed by atoms with Gasteiger partial charge in [0.15, 0.2) is 0 Å². The van der Waals surface area contributed by atoms with Crippen LogP contribution in [0.25, 0.3) is 11.1 Å². The average molecular weight is 246 g/mol. The Kier molecular flexibility index (Phi) is 5.98. The molecule has 0 aliphatic carbocycles. The van der Waals surface area contributed by atoms with Gasteiger partial charge in [0.1, 0.15) is 0 Å². The van der Waals surface area contributed by atoms with Crippen LogP contribution in [0.5, 0.6) is 0 Å². The van der Waals surface area contributed by atoms with Gasteiger partial charge in [-0.15, -0.1) is 9.24 Å². The second kappa shape index (κ2) is 7.59. The van der Waals surface area contributed by atoms with E-state index in [-0.39, 0.29) is 6.16 Å². The van der Waals surface area contributed by atoms with Gasteiger partial charge in [-0.3, -0.25) is 4.79 Å². The Morgan fingerprint density at radius 1 is 0.882 bits per heavy atom. The van der Waals surface area contributed by atoms with Crippen molar-refractivity contribution in [2.24, 2.45) is 0 Å². The van der Waals surface area contributed by atoms with Crippen molar-refractivity contribution < 1.29 is 9.90 Å². The molecule has 0 saturated carbocycles. The standard InChI is InChI=1S/C12H10.C2H5O2P/c1-3-7-11(8-4-1)12-9-5-2-6-10-12;3-2(4)1-5/h1-10H;1,5H2,(H,3,4). The maximum absolute atomic E-state index is 9.35. The molecular weight excluding hydrogens is 231 g/mol. The van der Waals surface area contributed by atoms with Crippen LogP contribution in [0.3, 0.4) is 0 Å². The average Bonchev–Trinajstić information content (AvgIpc) is 2.41. The van der Waals surface area contributed by atoms with E-state index in [1.165, 1.54) is 11.1 Å². The van der Waals surface area contributed by atoms with E-state index in [9.17, 15) is 4.79 Å². The summed E-state index contributed by atoms with van der Waals surface area (Å²) in [4.78, 5) is 9.35. The summed E-state index contributed by atoms with van der Waals surface area (Å²) in [5.41, 5.74) is 2.55. The Hall–Kier alpha value is -1.66. The molecular formula is C14H15O2P. The highest BCUT2D eigenvalue weighted by molar-refractivity contribution is 7.18. The van der Waals surface area contributed by atoms with Crippen molar-refractivity contribution >= 4 is 15.2 Å². The molecule has 0 aliphatic heterocycles. The van der Waals surface area contributed by atoms with Gasteiger partial charge in [0.2, 0.25) is 0 Å². The Balaban J connectivity index is 0.000000249. The molecule has 17 heavy (non-hydrogen) atoms. The SMILES string of the molecule is O=C(O)CP.c1ccc(-c2ccccc2)cc1. The summed E-state index contributed by atoms with van der Waals surface area (Å²) in [5, 5.41) is 7.70. The van der Waals surface area contributed by atoms with E-state index < -0.39 is 5.97 Å². The molecule has 0 aromatic heterocycles. The molecule has 1 unspecified atom stereocenters. The van der Waals surface area contributed by atoms with Gasteiger partial charge >= 0.3 is 5.97 Å². The summed E-state index contributed by atoms with van der Waals surface area (Å²) in [7, 11) is 2.09. The molecule has 88 valence electrons. The lowest BCUT2D eigenvalue weighted by molar-refractivity contribution is -0.133. The number of carboxylic acids is 1. The lowest BCUT2D eigenvalue weighted by Crippen LogP contribution is -1.92. The van der Waals surface area contributed by atoms with Gasteiger partial charge in [-0.2, -0.15) is 0 Å². The maximum atomic E-state index is 9.35. The summed E-state index contributed by atoms with van der Waals surface area (Å²) in [6.45, 7) is 0. The number of hydrogen-bond donors (Lipinski definition) is 1. The normalized spacial score (nSPS) is 9.00. The topological polar surface area (TPSA) is 37.3 Å². The van der Waals surface area contributed by atoms with Crippen LogP contribution in [0.4, 0.5) is 0 Å². The highest BCUT2D eigenvalue weighted by Gasteiger charge is 1.91. The maximum Gasteiger partial charge on any atom is 0.307 e. The van der Waals surface area contributed by atoms with Gasteiger partial charge in [-0.25, -0.2) is 0 Å². The molecule has 0 spiro atoms. The Morgan fingerprint density at radius 3 is 1.41 bits per heavy atom. The summed E-state index contributed by atoms with van der Waals surface area (Å²) < 4.78 is 0. The zero-order chi connectivity index (χ0) is 12.5. The molecule has 2 aromatic carbocycles. The van der Waals surface area contributed by atoms with Gasteiger partial charge in [0.05, 0.1) is 6.16 Å². The van der Waals surface area contributed by atoms with Gasteiger partial charge in [-0.1, -0.05) is 60.7 Å². The predicted molar refractivity (Wildman–Crippen MR) is 74.1 cm³/mol. The predicted octanol–water partition coefficient (Wildman–Crippen LogP) is 3.30. The van der Waals surface area contributed by atoms with Crippen LogP contribution in [-0.2, 0) is 4.79 Å². The highest BCUT2D eigenvalue weighted by Crippen LogP contribution is 2.17. The highest BCUT2D eigenvalue weighted by atomic mass is 31.0. The Morgan fingerprint density at radius 2 is 1.18 bits per heavy atom. The first-order valence-corrected chi connectivity index (χ1v) is 6.08. The summed E-state index contributed by atoms with van der Waals surface area (Å²) in [6, 6.07) is 20.8. The van der Waals surface area contributed by atoms with Crippen molar-refractivity contribution in [3.63, 3.8) is 0 Å². The van der Waals surface area contributed by atoms with Crippen LogP contribution in [-0.4, -0.2) is 17.2 Å². The van der Waals surface area contributed by atoms with Crippen molar-refractivity contribution in [3.8, 4) is 11.1 Å². The fraction of sp³-hybridized carbons (Fsp3) is 0.0714. The zero-order valence-electron chi connectivity index (χ0n) is 9.41. The lowest BCUT2D eigenvalue weighted by Gasteiger charge is -1.98. The third-order valence-corrected chi connectivity index (χ3v) is 2.40. The fourth-order valence-electron chi connectivity index (χ4n) is 1.26. The number of carbonyl (C=O) groups is 1. The molecule has 2 nitrogen and oxygen atoms in total. The molecule has 0 heterocycles. The Bertz CT molecular complexity index is 403. The molecule has 1 N–H and O–H groups in total. The van der Waals surface area contributed by atoms with E-state index in [1.807, 2.05) is 12.1 Å². The minimum Gasteiger partial charge on any atom is -0.481 e. The molecule has 1 atom stereocenters. The van der Waals surface area contributed by atoms with Crippen LogP contribution in [0.2, 0.25) is 0 Å². The number of benzene rings is 2. The van der Waals surface area contributed by atoms with E-state index in [0.29, 0.717) is 0 Å². The van der Waals surface area contributed by atoms with E-state index in [4.69, 9.17) is 5.11 Å². The van der Waals surface area contributed by atoms with Crippen molar-refractivity contribution in [2.75, 3.05) is 6.16 Å². The van der Waals surface area contributed by atoms with Crippen molar-refractivity contribution in [1.82, 2.24) is 0 Å². The molecule has 3 heteroatoms. The van der Waals surface area contributed by atoms with Crippen molar-refractivity contribution in [2.45, 2.75) is 0 Å². The largest absolute Gasteiger partial charge is 0.481 e. The van der Waals surface area contributed by atoms with Gasteiger partial charge < -0.3 is 5.11 Å². The zero-order valence-corrected chi connectivity index (χ0v) is 10.6. The van der Waals surface area contributed by atoms with Gasteiger partial charge in [-0.05, 0) is 11.1 Å². The van der Waals surface area contributed by atoms with Gasteiger partial charge in [0, 0.05) is 0 Å². The fourth-order valence-corrected chi connectivity index (χ4v) is 1.26. The van der Waals surface area contributed by atoms with Crippen molar-refractivity contribution in [1.29, 1.82) is 0 Å². The first-order valence-electron chi connectivity index (χ1n) is 5.26. The third kappa shape index (κ3) is 5.28. The first-order chi connectivity index (χ1) is 8.24. The Labute approximate surface area is 104 Å². The summed E-state index contributed by atoms with van der Waals surface area (Å²) in [6.07, 6.45) is 0.139. The summed E-state index contributed by atoms with van der Waals surface area (Å²) >= 11 is 0. The third-order valence-electron chi connectivity index (χ3n) is 2.06. The molecule has 0 amide bonds. The lowest BCUT2D eigenvalue weighted by atomic mass is 10.1. The van der Waals surface area contributed by atoms with Crippen LogP contribution >= 0.6 is 9.24 Å². The van der Waals surface area contributed by atoms with Crippen LogP contribution in [0, 0.1) is 0 Å². The van der Waals surface area contributed by atoms with Crippen LogP contribution < -0.4 is 0 Å². The monoisotopic (exact) mass is 246 g/mol. The quantitative estimate of drug-likeness (QED) is 0.825. The number of rotatable bonds is 2. The van der Waals surface area contributed by atoms with E-state index >= 15 is 0 Å². The van der Waals surface area contributed by atoms with E-state index in [1.54, 1.807) is 0 Å². The molecule has 0 aliphatic rings. The van der Waals surface area contributed by atoms with Crippen LogP contribution in [0.15, 0.2) is 60.7 Å². The molecule has 2 aromatic rings.